The van der Waals surface area contributed by atoms with E-state index in [1.165, 1.54) is 0 Å². The summed E-state index contributed by atoms with van der Waals surface area (Å²) in [5.74, 6) is 5.45. The molecule has 1 aliphatic heterocycles. The molecule has 1 heterocycles. The molecule has 1 rings (SSSR count). The van der Waals surface area contributed by atoms with E-state index in [0.717, 1.165) is 0 Å². The maximum absolute atomic E-state index is 8.56. The highest BCUT2D eigenvalue weighted by Crippen LogP contribution is 2.24. The van der Waals surface area contributed by atoms with Crippen LogP contribution in [0.1, 0.15) is 6.92 Å². The predicted octanol–water partition coefficient (Wildman–Crippen LogP) is -0.229. The second kappa shape index (κ2) is 1.77. The van der Waals surface area contributed by atoms with Crippen molar-refractivity contribution in [3.63, 3.8) is 0 Å². The van der Waals surface area contributed by atoms with Crippen molar-refractivity contribution in [3.8, 4) is 11.8 Å². The van der Waals surface area contributed by atoms with Crippen LogP contribution in [0.2, 0.25) is 0 Å². The van der Waals surface area contributed by atoms with Crippen molar-refractivity contribution in [2.45, 2.75) is 12.5 Å². The summed E-state index contributed by atoms with van der Waals surface area (Å²) in [6.07, 6.45) is 0. The third kappa shape index (κ3) is 0.835. The van der Waals surface area contributed by atoms with E-state index < -0.39 is 5.60 Å². The number of hydrogen-bond donors (Lipinski definition) is 1. The van der Waals surface area contributed by atoms with Gasteiger partial charge >= 0.3 is 0 Å². The fraction of sp³-hybridized carbons (Fsp3) is 0.667. The molecule has 0 radical (unpaired) electrons. The normalized spacial score (nSPS) is 33.2. The molecular weight excluding hydrogens is 104 g/mol. The Morgan fingerprint density at radius 3 is 2.62 bits per heavy atom. The Kier molecular flexibility index (Phi) is 1.24. The van der Waals surface area contributed by atoms with Crippen LogP contribution < -0.4 is 0 Å². The van der Waals surface area contributed by atoms with Crippen molar-refractivity contribution in [3.05, 3.63) is 0 Å². The molecule has 1 atom stereocenters. The molecule has 44 valence electrons. The molecule has 1 fully saturated rings. The van der Waals surface area contributed by atoms with Crippen LogP contribution in [0.15, 0.2) is 0 Å². The lowest BCUT2D eigenvalue weighted by molar-refractivity contribution is 0.209. The fourth-order valence-electron chi connectivity index (χ4n) is 0.518. The first-order valence-electron chi connectivity index (χ1n) is 2.52. The van der Waals surface area contributed by atoms with Crippen molar-refractivity contribution in [2.24, 2.45) is 0 Å². The average molecular weight is 112 g/mol. The van der Waals surface area contributed by atoms with Crippen LogP contribution in [0.5, 0.6) is 0 Å². The van der Waals surface area contributed by atoms with E-state index in [4.69, 9.17) is 9.84 Å². The molecule has 0 aromatic carbocycles. The minimum Gasteiger partial charge on any atom is -0.392 e. The van der Waals surface area contributed by atoms with Crippen LogP contribution in [0.25, 0.3) is 0 Å². The summed E-state index contributed by atoms with van der Waals surface area (Å²) in [7, 11) is 0. The summed E-state index contributed by atoms with van der Waals surface area (Å²) in [5, 5.41) is 8.56. The standard InChI is InChI=1S/C6H8O2/c1-2-3-6(4-7)5-8-6/h7H,4-5H2,1H3/t6-/m1/s1. The lowest BCUT2D eigenvalue weighted by atomic mass is 10.2. The van der Waals surface area contributed by atoms with Crippen LogP contribution in [0, 0.1) is 11.8 Å². The van der Waals surface area contributed by atoms with E-state index >= 15 is 0 Å². The predicted molar refractivity (Wildman–Crippen MR) is 29.2 cm³/mol. The molecule has 1 aliphatic rings. The molecule has 2 heteroatoms. The topological polar surface area (TPSA) is 32.8 Å². The SMILES string of the molecule is CC#C[C@@]1(CO)CO1. The summed E-state index contributed by atoms with van der Waals surface area (Å²) in [4.78, 5) is 0. The van der Waals surface area contributed by atoms with Gasteiger partial charge in [-0.2, -0.15) is 0 Å². The Balaban J connectivity index is 2.49. The van der Waals surface area contributed by atoms with Crippen molar-refractivity contribution >= 4 is 0 Å². The van der Waals surface area contributed by atoms with Crippen LogP contribution in [-0.4, -0.2) is 23.9 Å². The Hall–Kier alpha value is -0.520. The van der Waals surface area contributed by atoms with Crippen molar-refractivity contribution in [2.75, 3.05) is 13.2 Å². The molecule has 0 bridgehead atoms. The molecule has 0 saturated carbocycles. The van der Waals surface area contributed by atoms with Gasteiger partial charge in [0.1, 0.15) is 0 Å². The van der Waals surface area contributed by atoms with E-state index in [1.54, 1.807) is 6.92 Å². The van der Waals surface area contributed by atoms with E-state index in [1.807, 2.05) is 0 Å². The molecular formula is C6H8O2. The van der Waals surface area contributed by atoms with E-state index in [2.05, 4.69) is 11.8 Å². The van der Waals surface area contributed by atoms with Gasteiger partial charge in [0.15, 0.2) is 5.60 Å². The van der Waals surface area contributed by atoms with Gasteiger partial charge in [0, 0.05) is 0 Å². The third-order valence-electron chi connectivity index (χ3n) is 1.10. The molecule has 0 unspecified atom stereocenters. The molecule has 0 aromatic heterocycles. The van der Waals surface area contributed by atoms with Gasteiger partial charge in [0.05, 0.1) is 13.2 Å². The molecule has 0 aromatic rings. The first-order valence-corrected chi connectivity index (χ1v) is 2.52. The Morgan fingerprint density at radius 1 is 1.88 bits per heavy atom. The van der Waals surface area contributed by atoms with Gasteiger partial charge in [-0.25, -0.2) is 0 Å². The first kappa shape index (κ1) is 5.61. The fourth-order valence-corrected chi connectivity index (χ4v) is 0.518. The quantitative estimate of drug-likeness (QED) is 0.375. The minimum atomic E-state index is -0.464. The number of aliphatic hydroxyl groups is 1. The number of ether oxygens (including phenoxy) is 1. The largest absolute Gasteiger partial charge is 0.392 e. The monoisotopic (exact) mass is 112 g/mol. The van der Waals surface area contributed by atoms with E-state index in [-0.39, 0.29) is 6.61 Å². The summed E-state index contributed by atoms with van der Waals surface area (Å²) < 4.78 is 4.86. The van der Waals surface area contributed by atoms with Crippen molar-refractivity contribution < 1.29 is 9.84 Å². The molecule has 2 nitrogen and oxygen atoms in total. The van der Waals surface area contributed by atoms with Crippen LogP contribution in [0.3, 0.4) is 0 Å². The molecule has 0 amide bonds. The smallest absolute Gasteiger partial charge is 0.174 e. The summed E-state index contributed by atoms with van der Waals surface area (Å²) in [6.45, 7) is 2.34. The zero-order valence-electron chi connectivity index (χ0n) is 4.77. The van der Waals surface area contributed by atoms with Gasteiger partial charge in [-0.05, 0) is 6.92 Å². The van der Waals surface area contributed by atoms with Crippen molar-refractivity contribution in [1.82, 2.24) is 0 Å². The Labute approximate surface area is 48.5 Å². The van der Waals surface area contributed by atoms with Crippen LogP contribution in [0.4, 0.5) is 0 Å². The first-order chi connectivity index (χ1) is 3.83. The highest BCUT2D eigenvalue weighted by atomic mass is 16.6. The molecule has 8 heavy (non-hydrogen) atoms. The third-order valence-corrected chi connectivity index (χ3v) is 1.10. The Morgan fingerprint density at radius 2 is 2.50 bits per heavy atom. The molecule has 1 saturated heterocycles. The van der Waals surface area contributed by atoms with Crippen molar-refractivity contribution in [1.29, 1.82) is 0 Å². The zero-order chi connectivity index (χ0) is 6.04. The van der Waals surface area contributed by atoms with Gasteiger partial charge < -0.3 is 9.84 Å². The lowest BCUT2D eigenvalue weighted by Crippen LogP contribution is -2.12. The maximum Gasteiger partial charge on any atom is 0.174 e. The zero-order valence-corrected chi connectivity index (χ0v) is 4.77. The van der Waals surface area contributed by atoms with Gasteiger partial charge in [-0.1, -0.05) is 5.92 Å². The number of aliphatic hydroxyl groups excluding tert-OH is 1. The van der Waals surface area contributed by atoms with Crippen LogP contribution >= 0.6 is 0 Å². The second-order valence-corrected chi connectivity index (χ2v) is 1.82. The average Bonchev–Trinajstić information content (AvgIpc) is 2.50. The minimum absolute atomic E-state index is 0.0217. The summed E-state index contributed by atoms with van der Waals surface area (Å²) in [6, 6.07) is 0. The molecule has 1 N–H and O–H groups in total. The number of epoxide rings is 1. The molecule has 0 spiro atoms. The maximum atomic E-state index is 8.56. The van der Waals surface area contributed by atoms with Gasteiger partial charge in [0.25, 0.3) is 0 Å². The van der Waals surface area contributed by atoms with Gasteiger partial charge in [0.2, 0.25) is 0 Å². The van der Waals surface area contributed by atoms with E-state index in [9.17, 15) is 0 Å². The van der Waals surface area contributed by atoms with E-state index in [0.29, 0.717) is 6.61 Å². The highest BCUT2D eigenvalue weighted by Gasteiger charge is 2.42. The lowest BCUT2D eigenvalue weighted by Gasteiger charge is -1.92. The number of hydrogen-bond acceptors (Lipinski definition) is 2. The summed E-state index contributed by atoms with van der Waals surface area (Å²) >= 11 is 0. The van der Waals surface area contributed by atoms with Gasteiger partial charge in [-0.3, -0.25) is 0 Å². The number of rotatable bonds is 1. The second-order valence-electron chi connectivity index (χ2n) is 1.82. The molecule has 0 aliphatic carbocycles. The van der Waals surface area contributed by atoms with Gasteiger partial charge in [-0.15, -0.1) is 5.92 Å². The Bertz CT molecular complexity index is 136. The summed E-state index contributed by atoms with van der Waals surface area (Å²) in [5.41, 5.74) is -0.464. The highest BCUT2D eigenvalue weighted by molar-refractivity contribution is 5.19. The van der Waals surface area contributed by atoms with Crippen LogP contribution in [-0.2, 0) is 4.74 Å².